The second-order valence-electron chi connectivity index (χ2n) is 4.82. The van der Waals surface area contributed by atoms with Crippen LogP contribution >= 0.6 is 22.9 Å². The molecular formula is C15H10ClN3OS. The van der Waals surface area contributed by atoms with E-state index in [2.05, 4.69) is 4.98 Å². The predicted molar refractivity (Wildman–Crippen MR) is 84.5 cm³/mol. The minimum absolute atomic E-state index is 0.610. The smallest absolute Gasteiger partial charge is 0.193 e. The van der Waals surface area contributed by atoms with Crippen LogP contribution in [0.2, 0.25) is 5.02 Å². The van der Waals surface area contributed by atoms with Crippen LogP contribution in [0.15, 0.2) is 42.2 Å². The summed E-state index contributed by atoms with van der Waals surface area (Å²) in [6.07, 6.45) is 6.71. The summed E-state index contributed by atoms with van der Waals surface area (Å²) >= 11 is 7.67. The molecule has 21 heavy (non-hydrogen) atoms. The molecule has 0 spiro atoms. The lowest BCUT2D eigenvalue weighted by atomic mass is 10.2. The maximum atomic E-state index is 11.2. The monoisotopic (exact) mass is 315 g/mol. The number of aromatic nitrogens is 3. The number of rotatable bonds is 3. The standard InChI is InChI=1S/C15H10ClN3OS/c16-11-1-2-13-10(9-20)6-19(14(13)5-11)8-12-7-18-3-4-21-15(18)17-12/h1-7,9H,8H2. The molecule has 0 unspecified atom stereocenters. The summed E-state index contributed by atoms with van der Waals surface area (Å²) < 4.78 is 4.01. The second-order valence-corrected chi connectivity index (χ2v) is 6.13. The van der Waals surface area contributed by atoms with Gasteiger partial charge in [0.15, 0.2) is 11.2 Å². The molecule has 4 rings (SSSR count). The van der Waals surface area contributed by atoms with Crippen molar-refractivity contribution in [3.63, 3.8) is 0 Å². The first kappa shape index (κ1) is 12.6. The van der Waals surface area contributed by atoms with Crippen molar-refractivity contribution in [1.82, 2.24) is 14.0 Å². The zero-order chi connectivity index (χ0) is 14.4. The Kier molecular flexibility index (Phi) is 2.83. The Balaban J connectivity index is 1.83. The zero-order valence-corrected chi connectivity index (χ0v) is 12.4. The number of carbonyl (C=O) groups excluding carboxylic acids is 1. The SMILES string of the molecule is O=Cc1cn(Cc2cn3ccsc3n2)c2cc(Cl)ccc12. The van der Waals surface area contributed by atoms with Crippen molar-refractivity contribution in [2.75, 3.05) is 0 Å². The highest BCUT2D eigenvalue weighted by atomic mass is 35.5. The van der Waals surface area contributed by atoms with E-state index in [1.165, 1.54) is 0 Å². The van der Waals surface area contributed by atoms with E-state index in [0.717, 1.165) is 27.8 Å². The molecule has 0 aliphatic carbocycles. The second kappa shape index (κ2) is 4.72. The van der Waals surface area contributed by atoms with E-state index >= 15 is 0 Å². The molecule has 0 aliphatic rings. The van der Waals surface area contributed by atoms with Gasteiger partial charge < -0.3 is 4.57 Å². The Morgan fingerprint density at radius 2 is 2.24 bits per heavy atom. The molecule has 1 aromatic carbocycles. The summed E-state index contributed by atoms with van der Waals surface area (Å²) in [6, 6.07) is 5.56. The van der Waals surface area contributed by atoms with E-state index in [-0.39, 0.29) is 0 Å². The molecule has 104 valence electrons. The normalized spacial score (nSPS) is 11.5. The number of imidazole rings is 1. The molecule has 3 heterocycles. The van der Waals surface area contributed by atoms with Gasteiger partial charge in [0.25, 0.3) is 0 Å². The van der Waals surface area contributed by atoms with E-state index in [1.54, 1.807) is 17.4 Å². The van der Waals surface area contributed by atoms with Crippen molar-refractivity contribution in [3.05, 3.63) is 58.4 Å². The molecule has 6 heteroatoms. The fourth-order valence-corrected chi connectivity index (χ4v) is 3.43. The van der Waals surface area contributed by atoms with E-state index in [1.807, 2.05) is 45.1 Å². The molecule has 0 bridgehead atoms. The maximum Gasteiger partial charge on any atom is 0.193 e. The molecule has 0 fully saturated rings. The number of hydrogen-bond donors (Lipinski definition) is 0. The number of hydrogen-bond acceptors (Lipinski definition) is 3. The van der Waals surface area contributed by atoms with E-state index in [9.17, 15) is 4.79 Å². The number of halogens is 1. The third kappa shape index (κ3) is 2.05. The van der Waals surface area contributed by atoms with Crippen LogP contribution in [0.1, 0.15) is 16.1 Å². The minimum Gasteiger partial charge on any atom is -0.341 e. The summed E-state index contributed by atoms with van der Waals surface area (Å²) in [4.78, 5) is 16.7. The number of benzene rings is 1. The van der Waals surface area contributed by atoms with Gasteiger partial charge in [-0.2, -0.15) is 0 Å². The van der Waals surface area contributed by atoms with Gasteiger partial charge in [0.05, 0.1) is 17.8 Å². The lowest BCUT2D eigenvalue weighted by molar-refractivity contribution is 0.112. The molecule has 0 radical (unpaired) electrons. The van der Waals surface area contributed by atoms with Crippen molar-refractivity contribution in [2.45, 2.75) is 6.54 Å². The van der Waals surface area contributed by atoms with Crippen LogP contribution < -0.4 is 0 Å². The third-order valence-corrected chi connectivity index (χ3v) is 4.48. The summed E-state index contributed by atoms with van der Waals surface area (Å²) in [6.45, 7) is 0.610. The number of nitrogens with zero attached hydrogens (tertiary/aromatic N) is 3. The molecule has 4 aromatic rings. The van der Waals surface area contributed by atoms with Gasteiger partial charge in [-0.3, -0.25) is 9.20 Å². The van der Waals surface area contributed by atoms with Crippen LogP contribution in [0.3, 0.4) is 0 Å². The molecule has 0 N–H and O–H groups in total. The van der Waals surface area contributed by atoms with Gasteiger partial charge in [0.1, 0.15) is 0 Å². The van der Waals surface area contributed by atoms with Crippen molar-refractivity contribution in [1.29, 1.82) is 0 Å². The molecule has 0 atom stereocenters. The largest absolute Gasteiger partial charge is 0.341 e. The van der Waals surface area contributed by atoms with Gasteiger partial charge in [-0.25, -0.2) is 4.98 Å². The van der Waals surface area contributed by atoms with Gasteiger partial charge in [0, 0.05) is 39.9 Å². The molecule has 0 aliphatic heterocycles. The lowest BCUT2D eigenvalue weighted by Gasteiger charge is -2.02. The Labute approximate surface area is 129 Å². The molecule has 4 nitrogen and oxygen atoms in total. The van der Waals surface area contributed by atoms with Crippen LogP contribution in [0.25, 0.3) is 15.9 Å². The summed E-state index contributed by atoms with van der Waals surface area (Å²) in [5.41, 5.74) is 2.57. The highest BCUT2D eigenvalue weighted by Gasteiger charge is 2.10. The average molecular weight is 316 g/mol. The van der Waals surface area contributed by atoms with Crippen molar-refractivity contribution in [2.24, 2.45) is 0 Å². The average Bonchev–Trinajstić information content (AvgIpc) is 3.12. The van der Waals surface area contributed by atoms with Crippen molar-refractivity contribution >= 4 is 45.1 Å². The van der Waals surface area contributed by atoms with Gasteiger partial charge in [0.2, 0.25) is 0 Å². The fourth-order valence-electron chi connectivity index (χ4n) is 2.55. The first-order chi connectivity index (χ1) is 10.2. The Morgan fingerprint density at radius 1 is 1.33 bits per heavy atom. The fraction of sp³-hybridized carbons (Fsp3) is 0.0667. The quantitative estimate of drug-likeness (QED) is 0.538. The van der Waals surface area contributed by atoms with Gasteiger partial charge >= 0.3 is 0 Å². The Hall–Kier alpha value is -2.11. The van der Waals surface area contributed by atoms with E-state index in [0.29, 0.717) is 17.1 Å². The maximum absolute atomic E-state index is 11.2. The number of aldehydes is 1. The highest BCUT2D eigenvalue weighted by Crippen LogP contribution is 2.25. The molecular weight excluding hydrogens is 306 g/mol. The van der Waals surface area contributed by atoms with Crippen molar-refractivity contribution in [3.8, 4) is 0 Å². The van der Waals surface area contributed by atoms with Crippen molar-refractivity contribution < 1.29 is 4.79 Å². The first-order valence-electron chi connectivity index (χ1n) is 6.39. The predicted octanol–water partition coefficient (Wildman–Crippen LogP) is 3.86. The van der Waals surface area contributed by atoms with E-state index in [4.69, 9.17) is 11.6 Å². The highest BCUT2D eigenvalue weighted by molar-refractivity contribution is 7.15. The summed E-state index contributed by atoms with van der Waals surface area (Å²) in [7, 11) is 0. The summed E-state index contributed by atoms with van der Waals surface area (Å²) in [5.74, 6) is 0. The minimum atomic E-state index is 0.610. The van der Waals surface area contributed by atoms with Gasteiger partial charge in [-0.05, 0) is 12.1 Å². The number of carbonyl (C=O) groups is 1. The van der Waals surface area contributed by atoms with Crippen LogP contribution in [0, 0.1) is 0 Å². The summed E-state index contributed by atoms with van der Waals surface area (Å²) in [5, 5.41) is 3.57. The van der Waals surface area contributed by atoms with Gasteiger partial charge in [-0.1, -0.05) is 17.7 Å². The molecule has 0 amide bonds. The topological polar surface area (TPSA) is 39.3 Å². The third-order valence-electron chi connectivity index (χ3n) is 3.48. The van der Waals surface area contributed by atoms with Gasteiger partial charge in [-0.15, -0.1) is 11.3 Å². The molecule has 0 saturated heterocycles. The molecule has 0 saturated carbocycles. The lowest BCUT2D eigenvalue weighted by Crippen LogP contribution is -1.98. The van der Waals surface area contributed by atoms with Crippen LogP contribution in [0.4, 0.5) is 0 Å². The van der Waals surface area contributed by atoms with Crippen LogP contribution in [-0.2, 0) is 6.54 Å². The number of thiazole rings is 1. The van der Waals surface area contributed by atoms with Crippen LogP contribution in [0.5, 0.6) is 0 Å². The molecule has 3 aromatic heterocycles. The number of fused-ring (bicyclic) bond motifs is 2. The Morgan fingerprint density at radius 3 is 3.05 bits per heavy atom. The zero-order valence-electron chi connectivity index (χ0n) is 10.9. The van der Waals surface area contributed by atoms with Crippen LogP contribution in [-0.4, -0.2) is 20.2 Å². The Bertz CT molecular complexity index is 937. The first-order valence-corrected chi connectivity index (χ1v) is 7.65. The van der Waals surface area contributed by atoms with E-state index < -0.39 is 0 Å².